The predicted octanol–water partition coefficient (Wildman–Crippen LogP) is 3.86. The molecule has 0 aliphatic carbocycles. The minimum Gasteiger partial charge on any atom is -0.480 e. The monoisotopic (exact) mass is 512 g/mol. The summed E-state index contributed by atoms with van der Waals surface area (Å²) in [4.78, 5) is 18.9. The number of para-hydroxylation sites is 1. The summed E-state index contributed by atoms with van der Waals surface area (Å²) in [5, 5.41) is 13.2. The first-order chi connectivity index (χ1) is 17.5. The smallest absolute Gasteiger partial charge is 0.429 e. The molecule has 4 aromatic rings. The van der Waals surface area contributed by atoms with Crippen molar-refractivity contribution in [2.75, 3.05) is 5.73 Å². The predicted molar refractivity (Wildman–Crippen MR) is 129 cm³/mol. The van der Waals surface area contributed by atoms with Gasteiger partial charge in [0.1, 0.15) is 6.04 Å². The lowest BCUT2D eigenvalue weighted by Gasteiger charge is -2.24. The molecule has 37 heavy (non-hydrogen) atoms. The Kier molecular flexibility index (Phi) is 7.11. The van der Waals surface area contributed by atoms with Gasteiger partial charge in [0.2, 0.25) is 17.9 Å². The van der Waals surface area contributed by atoms with Gasteiger partial charge in [-0.25, -0.2) is 9.67 Å². The van der Waals surface area contributed by atoms with E-state index in [9.17, 15) is 18.0 Å². The molecule has 2 aromatic carbocycles. The Morgan fingerprint density at radius 2 is 1.81 bits per heavy atom. The van der Waals surface area contributed by atoms with Crippen LogP contribution in [0.3, 0.4) is 0 Å². The lowest BCUT2D eigenvalue weighted by molar-refractivity contribution is -0.198. The first kappa shape index (κ1) is 25.6. The number of carbonyl (C=O) groups is 1. The Balaban J connectivity index is 1.66. The van der Waals surface area contributed by atoms with Crippen LogP contribution >= 0.6 is 0 Å². The van der Waals surface area contributed by atoms with Crippen LogP contribution in [0, 0.1) is 6.92 Å². The Bertz CT molecular complexity index is 1410. The summed E-state index contributed by atoms with van der Waals surface area (Å²) in [7, 11) is 0. The van der Waals surface area contributed by atoms with Gasteiger partial charge < -0.3 is 21.3 Å². The quantitative estimate of drug-likeness (QED) is 0.323. The van der Waals surface area contributed by atoms with Gasteiger partial charge in [-0.1, -0.05) is 42.5 Å². The van der Waals surface area contributed by atoms with E-state index in [1.54, 1.807) is 49.5 Å². The Morgan fingerprint density at radius 3 is 2.43 bits per heavy atom. The van der Waals surface area contributed by atoms with Crippen LogP contribution in [0.5, 0.6) is 5.88 Å². The van der Waals surface area contributed by atoms with Crippen molar-refractivity contribution in [2.24, 2.45) is 5.73 Å². The Morgan fingerprint density at radius 1 is 1.11 bits per heavy atom. The zero-order valence-electron chi connectivity index (χ0n) is 19.6. The molecule has 4 rings (SSSR count). The molecule has 0 radical (unpaired) electrons. The molecule has 2 heterocycles. The van der Waals surface area contributed by atoms with Gasteiger partial charge in [0.05, 0.1) is 17.1 Å². The maximum Gasteiger partial charge on any atom is 0.429 e. The number of carboxylic acids is 1. The minimum atomic E-state index is -4.79. The molecule has 0 fully saturated rings. The summed E-state index contributed by atoms with van der Waals surface area (Å²) in [5.41, 5.74) is 13.5. The van der Waals surface area contributed by atoms with Gasteiger partial charge in [0.25, 0.3) is 0 Å². The number of hydrogen-bond acceptors (Lipinski definition) is 7. The molecule has 0 aliphatic heterocycles. The average molecular weight is 512 g/mol. The van der Waals surface area contributed by atoms with Gasteiger partial charge in [-0.2, -0.15) is 23.3 Å². The van der Waals surface area contributed by atoms with Crippen molar-refractivity contribution in [3.05, 3.63) is 83.7 Å². The number of aryl methyl sites for hydroxylation is 1. The van der Waals surface area contributed by atoms with E-state index < -0.39 is 24.3 Å². The molecule has 0 saturated heterocycles. The highest BCUT2D eigenvalue weighted by molar-refractivity contribution is 5.73. The number of aliphatic carboxylic acids is 1. The number of nitrogens with two attached hydrogens (primary N) is 2. The molecule has 2 unspecified atom stereocenters. The van der Waals surface area contributed by atoms with Gasteiger partial charge in [-0.15, -0.1) is 0 Å². The Labute approximate surface area is 209 Å². The van der Waals surface area contributed by atoms with Gasteiger partial charge in [0.15, 0.2) is 0 Å². The molecule has 5 N–H and O–H groups in total. The number of anilines is 1. The van der Waals surface area contributed by atoms with Crippen molar-refractivity contribution in [1.29, 1.82) is 0 Å². The second kappa shape index (κ2) is 10.3. The molecule has 192 valence electrons. The van der Waals surface area contributed by atoms with Crippen LogP contribution in [0.2, 0.25) is 0 Å². The fourth-order valence-electron chi connectivity index (χ4n) is 3.70. The van der Waals surface area contributed by atoms with Crippen molar-refractivity contribution in [3.63, 3.8) is 0 Å². The highest BCUT2D eigenvalue weighted by Gasteiger charge is 2.45. The number of hydrogen-bond donors (Lipinski definition) is 3. The van der Waals surface area contributed by atoms with Crippen LogP contribution < -0.4 is 16.2 Å². The van der Waals surface area contributed by atoms with E-state index >= 15 is 0 Å². The van der Waals surface area contributed by atoms with E-state index in [1.165, 1.54) is 28.9 Å². The third-order valence-corrected chi connectivity index (χ3v) is 5.47. The number of nitrogens with zero attached hydrogens (tertiary/aromatic N) is 4. The lowest BCUT2D eigenvalue weighted by Crippen LogP contribution is -2.32. The molecule has 0 amide bonds. The van der Waals surface area contributed by atoms with Crippen molar-refractivity contribution in [1.82, 2.24) is 19.7 Å². The van der Waals surface area contributed by atoms with E-state index in [2.05, 4.69) is 15.1 Å². The molecule has 2 aromatic heterocycles. The summed E-state index contributed by atoms with van der Waals surface area (Å²) >= 11 is 0. The van der Waals surface area contributed by atoms with Gasteiger partial charge in [-0.3, -0.25) is 4.79 Å². The standard InChI is InChI=1S/C25H23F3N6O3/c1-14-10-11-34(33-14)20-5-3-2-4-17(20)22(25(26,27)28)37-21-13-19(31-24(30)32-21)16-8-6-15(7-9-16)12-18(29)23(35)36/h2-11,13,18,22H,12,29H2,1H3,(H,35,36)(H2,30,31,32). The van der Waals surface area contributed by atoms with Crippen molar-refractivity contribution in [2.45, 2.75) is 31.7 Å². The SMILES string of the molecule is Cc1ccn(-c2ccccc2C(Oc2cc(-c3ccc(CC(N)C(=O)O)cc3)nc(N)n2)C(F)(F)F)n1. The van der Waals surface area contributed by atoms with E-state index in [0.717, 1.165) is 0 Å². The number of ether oxygens (including phenoxy) is 1. The molecule has 12 heteroatoms. The second-order valence-electron chi connectivity index (χ2n) is 8.30. The summed E-state index contributed by atoms with van der Waals surface area (Å²) in [6, 6.07) is 14.4. The van der Waals surface area contributed by atoms with Crippen LogP contribution in [0.25, 0.3) is 16.9 Å². The van der Waals surface area contributed by atoms with Gasteiger partial charge >= 0.3 is 12.1 Å². The molecular formula is C25H23F3N6O3. The summed E-state index contributed by atoms with van der Waals surface area (Å²) in [6.45, 7) is 1.73. The topological polar surface area (TPSA) is 142 Å². The zero-order chi connectivity index (χ0) is 26.7. The third-order valence-electron chi connectivity index (χ3n) is 5.47. The highest BCUT2D eigenvalue weighted by atomic mass is 19.4. The summed E-state index contributed by atoms with van der Waals surface area (Å²) in [5.74, 6) is -1.77. The largest absolute Gasteiger partial charge is 0.480 e. The molecule has 0 saturated carbocycles. The number of aromatic nitrogens is 4. The fraction of sp³-hybridized carbons (Fsp3) is 0.200. The van der Waals surface area contributed by atoms with Crippen molar-refractivity contribution in [3.8, 4) is 22.8 Å². The second-order valence-corrected chi connectivity index (χ2v) is 8.30. The number of rotatable bonds is 8. The maximum atomic E-state index is 14.2. The molecular weight excluding hydrogens is 489 g/mol. The zero-order valence-corrected chi connectivity index (χ0v) is 19.6. The highest BCUT2D eigenvalue weighted by Crippen LogP contribution is 2.39. The van der Waals surface area contributed by atoms with E-state index in [4.69, 9.17) is 21.3 Å². The molecule has 2 atom stereocenters. The minimum absolute atomic E-state index is 0.109. The normalized spacial score (nSPS) is 13.2. The third kappa shape index (κ3) is 6.04. The van der Waals surface area contributed by atoms with Crippen LogP contribution in [0.4, 0.5) is 19.1 Å². The van der Waals surface area contributed by atoms with Gasteiger partial charge in [0, 0.05) is 23.4 Å². The van der Waals surface area contributed by atoms with E-state index in [0.29, 0.717) is 16.8 Å². The summed E-state index contributed by atoms with van der Waals surface area (Å²) < 4.78 is 49.5. The molecule has 0 spiro atoms. The maximum absolute atomic E-state index is 14.2. The fourth-order valence-corrected chi connectivity index (χ4v) is 3.70. The van der Waals surface area contributed by atoms with Crippen LogP contribution in [-0.4, -0.2) is 43.0 Å². The Hall–Kier alpha value is -4.45. The van der Waals surface area contributed by atoms with E-state index in [-0.39, 0.29) is 35.2 Å². The van der Waals surface area contributed by atoms with Gasteiger partial charge in [-0.05, 0) is 31.0 Å². The molecule has 9 nitrogen and oxygen atoms in total. The summed E-state index contributed by atoms with van der Waals surface area (Å²) in [6.07, 6.45) is -5.48. The number of carboxylic acid groups (broad SMARTS) is 1. The van der Waals surface area contributed by atoms with Crippen molar-refractivity contribution >= 4 is 11.9 Å². The van der Waals surface area contributed by atoms with Crippen LogP contribution in [0.1, 0.15) is 22.9 Å². The lowest BCUT2D eigenvalue weighted by atomic mass is 10.0. The first-order valence-corrected chi connectivity index (χ1v) is 11.1. The van der Waals surface area contributed by atoms with E-state index in [1.807, 2.05) is 0 Å². The van der Waals surface area contributed by atoms with Crippen molar-refractivity contribution < 1.29 is 27.8 Å². The number of alkyl halides is 3. The number of halogens is 3. The average Bonchev–Trinajstić information content (AvgIpc) is 3.28. The van der Waals surface area contributed by atoms with Crippen LogP contribution in [-0.2, 0) is 11.2 Å². The molecule has 0 bridgehead atoms. The molecule has 0 aliphatic rings. The number of benzene rings is 2. The first-order valence-electron chi connectivity index (χ1n) is 11.1. The number of nitrogen functional groups attached to an aromatic ring is 1. The van der Waals surface area contributed by atoms with Crippen LogP contribution in [0.15, 0.2) is 66.9 Å².